The van der Waals surface area contributed by atoms with Crippen molar-refractivity contribution < 1.29 is 13.9 Å². The number of alkyl halides is 2. The normalized spacial score (nSPS) is 24.5. The summed E-state index contributed by atoms with van der Waals surface area (Å²) in [7, 11) is 1.37. The number of amides is 1. The van der Waals surface area contributed by atoms with Crippen LogP contribution in [0.2, 0.25) is 0 Å². The first kappa shape index (κ1) is 13.4. The number of hydrogen-bond donors (Lipinski definition) is 1. The summed E-state index contributed by atoms with van der Waals surface area (Å²) in [6.07, 6.45) is 0.383. The number of methoxy groups -OCH3 is 1. The van der Waals surface area contributed by atoms with Gasteiger partial charge in [-0.2, -0.15) is 0 Å². The molecule has 1 aromatic carbocycles. The number of rotatable bonds is 3. The standard InChI is InChI=1S/C12H12Cl2FNO2/c1-11(6-12(11,13)14)10(17)16-7-3-4-9(18-2)8(15)5-7/h3-5H,6H2,1-2H3,(H,16,17)/t11-/m1/s1. The van der Waals surface area contributed by atoms with Crippen LogP contribution in [-0.4, -0.2) is 17.4 Å². The van der Waals surface area contributed by atoms with Gasteiger partial charge >= 0.3 is 0 Å². The zero-order chi connectivity index (χ0) is 13.6. The van der Waals surface area contributed by atoms with Crippen LogP contribution in [0.15, 0.2) is 18.2 Å². The molecule has 1 N–H and O–H groups in total. The van der Waals surface area contributed by atoms with E-state index in [9.17, 15) is 9.18 Å². The monoisotopic (exact) mass is 291 g/mol. The molecule has 1 aliphatic carbocycles. The first-order valence-corrected chi connectivity index (χ1v) is 6.08. The summed E-state index contributed by atoms with van der Waals surface area (Å²) in [5, 5.41) is 2.59. The van der Waals surface area contributed by atoms with E-state index in [1.165, 1.54) is 19.2 Å². The number of anilines is 1. The lowest BCUT2D eigenvalue weighted by Gasteiger charge is -2.13. The molecule has 1 amide bonds. The van der Waals surface area contributed by atoms with Crippen LogP contribution in [0, 0.1) is 11.2 Å². The van der Waals surface area contributed by atoms with Gasteiger partial charge in [0.1, 0.15) is 4.33 Å². The number of benzene rings is 1. The highest BCUT2D eigenvalue weighted by Crippen LogP contribution is 2.64. The van der Waals surface area contributed by atoms with Gasteiger partial charge in [0.2, 0.25) is 5.91 Å². The summed E-state index contributed by atoms with van der Waals surface area (Å²) >= 11 is 11.8. The summed E-state index contributed by atoms with van der Waals surface area (Å²) in [6.45, 7) is 1.67. The van der Waals surface area contributed by atoms with Gasteiger partial charge in [0.25, 0.3) is 0 Å². The Morgan fingerprint density at radius 3 is 2.56 bits per heavy atom. The lowest BCUT2D eigenvalue weighted by atomic mass is 10.1. The van der Waals surface area contributed by atoms with Gasteiger partial charge in [0.05, 0.1) is 12.5 Å². The summed E-state index contributed by atoms with van der Waals surface area (Å²) in [4.78, 5) is 11.9. The van der Waals surface area contributed by atoms with Crippen LogP contribution in [0.1, 0.15) is 13.3 Å². The number of carbonyl (C=O) groups excluding carboxylic acids is 1. The first-order chi connectivity index (χ1) is 8.30. The minimum atomic E-state index is -1.04. The van der Waals surface area contributed by atoms with Gasteiger partial charge in [-0.1, -0.05) is 0 Å². The minimum Gasteiger partial charge on any atom is -0.494 e. The molecule has 0 saturated heterocycles. The molecule has 1 atom stereocenters. The second-order valence-electron chi connectivity index (χ2n) is 4.52. The van der Waals surface area contributed by atoms with E-state index in [1.54, 1.807) is 13.0 Å². The van der Waals surface area contributed by atoms with Crippen molar-refractivity contribution in [1.82, 2.24) is 0 Å². The predicted octanol–water partition coefficient (Wildman–Crippen LogP) is 3.36. The molecule has 0 bridgehead atoms. The molecule has 1 aliphatic rings. The van der Waals surface area contributed by atoms with Crippen molar-refractivity contribution in [3.05, 3.63) is 24.0 Å². The highest BCUT2D eigenvalue weighted by molar-refractivity contribution is 6.53. The van der Waals surface area contributed by atoms with Gasteiger partial charge < -0.3 is 10.1 Å². The van der Waals surface area contributed by atoms with Gasteiger partial charge in [-0.15, -0.1) is 23.2 Å². The van der Waals surface area contributed by atoms with E-state index in [4.69, 9.17) is 27.9 Å². The SMILES string of the molecule is COc1ccc(NC(=O)[C@@]2(C)CC2(Cl)Cl)cc1F. The molecule has 0 heterocycles. The second-order valence-corrected chi connectivity index (χ2v) is 6.00. The van der Waals surface area contributed by atoms with Crippen molar-refractivity contribution in [3.8, 4) is 5.75 Å². The number of carbonyl (C=O) groups is 1. The van der Waals surface area contributed by atoms with E-state index in [2.05, 4.69) is 5.32 Å². The maximum atomic E-state index is 13.4. The maximum Gasteiger partial charge on any atom is 0.233 e. The number of halogens is 3. The molecule has 6 heteroatoms. The van der Waals surface area contributed by atoms with Crippen molar-refractivity contribution in [2.45, 2.75) is 17.7 Å². The van der Waals surface area contributed by atoms with Gasteiger partial charge in [-0.3, -0.25) is 4.79 Å². The molecule has 1 saturated carbocycles. The Hall–Kier alpha value is -1.00. The van der Waals surface area contributed by atoms with E-state index in [1.807, 2.05) is 0 Å². The van der Waals surface area contributed by atoms with Gasteiger partial charge in [-0.25, -0.2) is 4.39 Å². The first-order valence-electron chi connectivity index (χ1n) is 5.33. The van der Waals surface area contributed by atoms with Gasteiger partial charge in [-0.05, 0) is 25.5 Å². The zero-order valence-corrected chi connectivity index (χ0v) is 11.4. The van der Waals surface area contributed by atoms with E-state index in [-0.39, 0.29) is 11.7 Å². The molecule has 0 radical (unpaired) electrons. The van der Waals surface area contributed by atoms with E-state index in [0.29, 0.717) is 12.1 Å². The molecule has 3 nitrogen and oxygen atoms in total. The fourth-order valence-corrected chi connectivity index (χ4v) is 2.37. The predicted molar refractivity (Wildman–Crippen MR) is 68.7 cm³/mol. The average molecular weight is 292 g/mol. The maximum absolute atomic E-state index is 13.4. The summed E-state index contributed by atoms with van der Waals surface area (Å²) in [6, 6.07) is 4.18. The Balaban J connectivity index is 2.11. The second kappa shape index (κ2) is 4.28. The topological polar surface area (TPSA) is 38.3 Å². The van der Waals surface area contributed by atoms with Gasteiger partial charge in [0.15, 0.2) is 11.6 Å². The van der Waals surface area contributed by atoms with Crippen molar-refractivity contribution in [2.75, 3.05) is 12.4 Å². The van der Waals surface area contributed by atoms with Gasteiger partial charge in [0, 0.05) is 11.8 Å². The Kier molecular flexibility index (Phi) is 3.19. The molecular weight excluding hydrogens is 280 g/mol. The summed E-state index contributed by atoms with van der Waals surface area (Å²) in [5.41, 5.74) is -0.484. The Morgan fingerprint density at radius 1 is 1.50 bits per heavy atom. The Bertz CT molecular complexity index is 507. The number of nitrogens with one attached hydrogen (secondary N) is 1. The molecule has 0 spiro atoms. The quantitative estimate of drug-likeness (QED) is 0.868. The summed E-state index contributed by atoms with van der Waals surface area (Å²) in [5.74, 6) is -0.744. The van der Waals surface area contributed by atoms with Crippen molar-refractivity contribution in [1.29, 1.82) is 0 Å². The van der Waals surface area contributed by atoms with Crippen molar-refractivity contribution in [3.63, 3.8) is 0 Å². The zero-order valence-electron chi connectivity index (χ0n) is 9.89. The number of hydrogen-bond acceptors (Lipinski definition) is 2. The molecule has 0 aliphatic heterocycles. The molecule has 1 fully saturated rings. The molecule has 2 rings (SSSR count). The third kappa shape index (κ3) is 2.15. The fraction of sp³-hybridized carbons (Fsp3) is 0.417. The van der Waals surface area contributed by atoms with Crippen LogP contribution in [0.5, 0.6) is 5.75 Å². The highest BCUT2D eigenvalue weighted by atomic mass is 35.5. The highest BCUT2D eigenvalue weighted by Gasteiger charge is 2.67. The van der Waals surface area contributed by atoms with E-state index >= 15 is 0 Å². The lowest BCUT2D eigenvalue weighted by Crippen LogP contribution is -2.25. The smallest absolute Gasteiger partial charge is 0.233 e. The van der Waals surface area contributed by atoms with Crippen molar-refractivity contribution >= 4 is 34.8 Å². The van der Waals surface area contributed by atoms with Crippen LogP contribution in [-0.2, 0) is 4.79 Å². The van der Waals surface area contributed by atoms with Crippen molar-refractivity contribution in [2.24, 2.45) is 5.41 Å². The summed E-state index contributed by atoms with van der Waals surface area (Å²) < 4.78 is 17.2. The van der Waals surface area contributed by atoms with Crippen LogP contribution < -0.4 is 10.1 Å². The Labute approximate surface area is 114 Å². The van der Waals surface area contributed by atoms with Crippen LogP contribution in [0.3, 0.4) is 0 Å². The molecule has 98 valence electrons. The largest absolute Gasteiger partial charge is 0.494 e. The Morgan fingerprint density at radius 2 is 2.11 bits per heavy atom. The fourth-order valence-electron chi connectivity index (χ4n) is 1.66. The van der Waals surface area contributed by atoms with Crippen LogP contribution >= 0.6 is 23.2 Å². The van der Waals surface area contributed by atoms with E-state index < -0.39 is 15.6 Å². The average Bonchev–Trinajstić information content (AvgIpc) is 2.80. The minimum absolute atomic E-state index is 0.120. The van der Waals surface area contributed by atoms with Crippen LogP contribution in [0.25, 0.3) is 0 Å². The van der Waals surface area contributed by atoms with E-state index in [0.717, 1.165) is 0 Å². The molecule has 0 aromatic heterocycles. The number of ether oxygens (including phenoxy) is 1. The lowest BCUT2D eigenvalue weighted by molar-refractivity contribution is -0.120. The molecule has 1 aromatic rings. The van der Waals surface area contributed by atoms with Crippen LogP contribution in [0.4, 0.5) is 10.1 Å². The molecule has 0 unspecified atom stereocenters. The molecular formula is C12H12Cl2FNO2. The third-order valence-electron chi connectivity index (χ3n) is 3.17. The molecule has 18 heavy (non-hydrogen) atoms. The third-order valence-corrected chi connectivity index (χ3v) is 4.27.